The summed E-state index contributed by atoms with van der Waals surface area (Å²) in [6.45, 7) is 4.99. The summed E-state index contributed by atoms with van der Waals surface area (Å²) in [4.78, 5) is 15.3. The topological polar surface area (TPSA) is 41.6 Å². The van der Waals surface area contributed by atoms with Crippen LogP contribution >= 0.6 is 0 Å². The molecule has 1 amide bonds. The number of carbonyl (C=O) groups excluding carboxylic acids is 1. The van der Waals surface area contributed by atoms with Crippen molar-refractivity contribution >= 4 is 11.6 Å². The van der Waals surface area contributed by atoms with Gasteiger partial charge in [0, 0.05) is 12.5 Å². The summed E-state index contributed by atoms with van der Waals surface area (Å²) in [5.74, 6) is 1.52. The largest absolute Gasteiger partial charge is 0.455 e. The lowest BCUT2D eigenvalue weighted by atomic mass is 9.95. The van der Waals surface area contributed by atoms with E-state index in [4.69, 9.17) is 4.74 Å². The van der Waals surface area contributed by atoms with E-state index in [1.807, 2.05) is 54.6 Å². The number of ether oxygens (including phenoxy) is 1. The van der Waals surface area contributed by atoms with Gasteiger partial charge in [-0.2, -0.15) is 0 Å². The minimum absolute atomic E-state index is 0.0305. The average Bonchev–Trinajstić information content (AvgIpc) is 2.78. The maximum absolute atomic E-state index is 12.9. The Labute approximate surface area is 178 Å². The van der Waals surface area contributed by atoms with Gasteiger partial charge in [0.15, 0.2) is 5.75 Å². The Bertz CT molecular complexity index is 979. The summed E-state index contributed by atoms with van der Waals surface area (Å²) < 4.78 is 5.97. The van der Waals surface area contributed by atoms with Crippen LogP contribution in [0.15, 0.2) is 78.9 Å². The SMILES string of the molecule is Cc1ccccc1CN1CCC(C(=O)Nc2ccccc2Oc2ccccc2)CC1. The van der Waals surface area contributed by atoms with Gasteiger partial charge in [0.1, 0.15) is 5.75 Å². The molecule has 1 saturated heterocycles. The molecule has 0 bridgehead atoms. The third-order valence-electron chi connectivity index (χ3n) is 5.73. The lowest BCUT2D eigenvalue weighted by molar-refractivity contribution is -0.121. The molecule has 0 aliphatic carbocycles. The van der Waals surface area contributed by atoms with Crippen molar-refractivity contribution < 1.29 is 9.53 Å². The molecule has 0 unspecified atom stereocenters. The number of nitrogens with zero attached hydrogens (tertiary/aromatic N) is 1. The van der Waals surface area contributed by atoms with E-state index in [0.717, 1.165) is 38.2 Å². The number of para-hydroxylation sites is 3. The van der Waals surface area contributed by atoms with E-state index in [9.17, 15) is 4.79 Å². The lowest BCUT2D eigenvalue weighted by Crippen LogP contribution is -2.37. The van der Waals surface area contributed by atoms with Crippen molar-refractivity contribution in [2.45, 2.75) is 26.3 Å². The van der Waals surface area contributed by atoms with Gasteiger partial charge in [-0.05, 0) is 68.2 Å². The molecule has 0 spiro atoms. The van der Waals surface area contributed by atoms with Crippen LogP contribution in [-0.2, 0) is 11.3 Å². The molecule has 4 nitrogen and oxygen atoms in total. The lowest BCUT2D eigenvalue weighted by Gasteiger charge is -2.31. The van der Waals surface area contributed by atoms with Crippen molar-refractivity contribution in [2.24, 2.45) is 5.92 Å². The zero-order valence-corrected chi connectivity index (χ0v) is 17.4. The van der Waals surface area contributed by atoms with Gasteiger partial charge in [0.05, 0.1) is 5.69 Å². The molecule has 0 aromatic heterocycles. The number of rotatable bonds is 6. The number of aryl methyl sites for hydroxylation is 1. The zero-order valence-electron chi connectivity index (χ0n) is 17.4. The molecule has 1 fully saturated rings. The predicted octanol–water partition coefficient (Wildman–Crippen LogP) is 5.64. The quantitative estimate of drug-likeness (QED) is 0.582. The molecule has 0 radical (unpaired) electrons. The zero-order chi connectivity index (χ0) is 20.8. The number of hydrogen-bond acceptors (Lipinski definition) is 3. The Kier molecular flexibility index (Phi) is 6.45. The van der Waals surface area contributed by atoms with Crippen molar-refractivity contribution in [3.8, 4) is 11.5 Å². The number of carbonyl (C=O) groups is 1. The van der Waals surface area contributed by atoms with E-state index in [0.29, 0.717) is 11.4 Å². The Morgan fingerprint density at radius 3 is 2.37 bits per heavy atom. The molecule has 0 atom stereocenters. The van der Waals surface area contributed by atoms with Crippen LogP contribution in [0.3, 0.4) is 0 Å². The molecule has 3 aromatic rings. The highest BCUT2D eigenvalue weighted by atomic mass is 16.5. The highest BCUT2D eigenvalue weighted by molar-refractivity contribution is 5.94. The van der Waals surface area contributed by atoms with Gasteiger partial charge < -0.3 is 10.1 Å². The summed E-state index contributed by atoms with van der Waals surface area (Å²) in [6.07, 6.45) is 1.75. The fourth-order valence-corrected chi connectivity index (χ4v) is 3.89. The third-order valence-corrected chi connectivity index (χ3v) is 5.73. The second kappa shape index (κ2) is 9.59. The van der Waals surface area contributed by atoms with E-state index in [2.05, 4.69) is 41.4 Å². The minimum atomic E-state index is 0.0305. The number of nitrogens with one attached hydrogen (secondary N) is 1. The van der Waals surface area contributed by atoms with Crippen molar-refractivity contribution in [2.75, 3.05) is 18.4 Å². The van der Waals surface area contributed by atoms with Crippen molar-refractivity contribution in [1.82, 2.24) is 4.90 Å². The number of amides is 1. The summed E-state index contributed by atoms with van der Waals surface area (Å²) in [5, 5.41) is 3.09. The first-order valence-corrected chi connectivity index (χ1v) is 10.6. The Balaban J connectivity index is 1.34. The van der Waals surface area contributed by atoms with Gasteiger partial charge in [0.25, 0.3) is 0 Å². The fourth-order valence-electron chi connectivity index (χ4n) is 3.89. The monoisotopic (exact) mass is 400 g/mol. The summed E-state index contributed by atoms with van der Waals surface area (Å²) in [5.41, 5.74) is 3.41. The molecule has 154 valence electrons. The second-order valence-corrected chi connectivity index (χ2v) is 7.88. The van der Waals surface area contributed by atoms with Gasteiger partial charge >= 0.3 is 0 Å². The standard InChI is InChI=1S/C26H28N2O2/c1-20-9-5-6-10-22(20)19-28-17-15-21(16-18-28)26(29)27-24-13-7-8-14-25(24)30-23-11-3-2-4-12-23/h2-14,21H,15-19H2,1H3,(H,27,29). The predicted molar refractivity (Wildman–Crippen MR) is 121 cm³/mol. The normalized spacial score (nSPS) is 15.0. The molecule has 3 aromatic carbocycles. The van der Waals surface area contributed by atoms with Crippen LogP contribution in [0.5, 0.6) is 11.5 Å². The first kappa shape index (κ1) is 20.2. The van der Waals surface area contributed by atoms with Crippen LogP contribution in [-0.4, -0.2) is 23.9 Å². The summed E-state index contributed by atoms with van der Waals surface area (Å²) in [6, 6.07) is 25.8. The Morgan fingerprint density at radius 1 is 0.933 bits per heavy atom. The smallest absolute Gasteiger partial charge is 0.227 e. The molecule has 4 heteroatoms. The first-order chi connectivity index (χ1) is 14.7. The molecule has 1 aliphatic rings. The molecule has 4 rings (SSSR count). The van der Waals surface area contributed by atoms with Crippen LogP contribution in [0.2, 0.25) is 0 Å². The summed E-state index contributed by atoms with van der Waals surface area (Å²) >= 11 is 0. The number of piperidine rings is 1. The Hall–Kier alpha value is -3.11. The van der Waals surface area contributed by atoms with Gasteiger partial charge in [-0.25, -0.2) is 0 Å². The minimum Gasteiger partial charge on any atom is -0.455 e. The second-order valence-electron chi connectivity index (χ2n) is 7.88. The molecule has 0 saturated carbocycles. The summed E-state index contributed by atoms with van der Waals surface area (Å²) in [7, 11) is 0. The van der Waals surface area contributed by atoms with E-state index in [-0.39, 0.29) is 11.8 Å². The highest BCUT2D eigenvalue weighted by Crippen LogP contribution is 2.30. The van der Waals surface area contributed by atoms with Crippen LogP contribution in [0.1, 0.15) is 24.0 Å². The first-order valence-electron chi connectivity index (χ1n) is 10.6. The molecule has 1 N–H and O–H groups in total. The molecular formula is C26H28N2O2. The maximum Gasteiger partial charge on any atom is 0.227 e. The Morgan fingerprint density at radius 2 is 1.60 bits per heavy atom. The average molecular weight is 401 g/mol. The molecular weight excluding hydrogens is 372 g/mol. The van der Waals surface area contributed by atoms with Crippen LogP contribution < -0.4 is 10.1 Å². The van der Waals surface area contributed by atoms with Gasteiger partial charge in [-0.3, -0.25) is 9.69 Å². The molecule has 1 aliphatic heterocycles. The van der Waals surface area contributed by atoms with Gasteiger partial charge in [0.2, 0.25) is 5.91 Å². The number of anilines is 1. The van der Waals surface area contributed by atoms with Gasteiger partial charge in [-0.1, -0.05) is 54.6 Å². The van der Waals surface area contributed by atoms with E-state index < -0.39 is 0 Å². The number of hydrogen-bond donors (Lipinski definition) is 1. The number of benzene rings is 3. The van der Waals surface area contributed by atoms with E-state index in [1.165, 1.54) is 11.1 Å². The molecule has 1 heterocycles. The highest BCUT2D eigenvalue weighted by Gasteiger charge is 2.25. The van der Waals surface area contributed by atoms with Crippen LogP contribution in [0.4, 0.5) is 5.69 Å². The third kappa shape index (κ3) is 5.08. The van der Waals surface area contributed by atoms with E-state index in [1.54, 1.807) is 0 Å². The number of likely N-dealkylation sites (tertiary alicyclic amines) is 1. The van der Waals surface area contributed by atoms with Crippen LogP contribution in [0, 0.1) is 12.8 Å². The van der Waals surface area contributed by atoms with Crippen molar-refractivity contribution in [3.63, 3.8) is 0 Å². The van der Waals surface area contributed by atoms with Crippen molar-refractivity contribution in [3.05, 3.63) is 90.0 Å². The maximum atomic E-state index is 12.9. The van der Waals surface area contributed by atoms with Gasteiger partial charge in [-0.15, -0.1) is 0 Å². The van der Waals surface area contributed by atoms with E-state index >= 15 is 0 Å². The fraction of sp³-hybridized carbons (Fsp3) is 0.269. The molecule has 30 heavy (non-hydrogen) atoms. The van der Waals surface area contributed by atoms with Crippen LogP contribution in [0.25, 0.3) is 0 Å². The van der Waals surface area contributed by atoms with Crippen molar-refractivity contribution in [1.29, 1.82) is 0 Å².